The molecular formula is C12H14FNO4. The Kier molecular flexibility index (Phi) is 4.65. The summed E-state index contributed by atoms with van der Waals surface area (Å²) in [7, 11) is 0. The number of anilines is 1. The van der Waals surface area contributed by atoms with E-state index in [9.17, 15) is 14.0 Å². The molecule has 0 aliphatic carbocycles. The van der Waals surface area contributed by atoms with Crippen molar-refractivity contribution in [2.75, 3.05) is 5.48 Å². The summed E-state index contributed by atoms with van der Waals surface area (Å²) in [6.07, 6.45) is 0. The molecule has 0 bridgehead atoms. The largest absolute Gasteiger partial charge is 0.481 e. The van der Waals surface area contributed by atoms with Crippen molar-refractivity contribution in [3.8, 4) is 0 Å². The third kappa shape index (κ3) is 3.44. The van der Waals surface area contributed by atoms with Crippen LogP contribution in [-0.4, -0.2) is 17.0 Å². The SMILES string of the molecule is CC(C)[C@@H](C(=O)O)C(=O)ONc1ccccc1F. The first kappa shape index (κ1) is 14.0. The quantitative estimate of drug-likeness (QED) is 0.622. The molecule has 0 radical (unpaired) electrons. The van der Waals surface area contributed by atoms with Gasteiger partial charge in [-0.05, 0) is 18.1 Å². The van der Waals surface area contributed by atoms with E-state index >= 15 is 0 Å². The number of aliphatic carboxylic acids is 1. The maximum Gasteiger partial charge on any atom is 0.346 e. The lowest BCUT2D eigenvalue weighted by molar-refractivity contribution is -0.158. The number of benzene rings is 1. The molecule has 1 atom stereocenters. The summed E-state index contributed by atoms with van der Waals surface area (Å²) in [5.41, 5.74) is 2.09. The van der Waals surface area contributed by atoms with Crippen LogP contribution in [0.25, 0.3) is 0 Å². The molecule has 2 N–H and O–H groups in total. The highest BCUT2D eigenvalue weighted by Crippen LogP contribution is 2.16. The van der Waals surface area contributed by atoms with Gasteiger partial charge in [-0.15, -0.1) is 0 Å². The lowest BCUT2D eigenvalue weighted by Gasteiger charge is -2.15. The minimum absolute atomic E-state index is 0.0289. The zero-order chi connectivity index (χ0) is 13.7. The first-order chi connectivity index (χ1) is 8.43. The van der Waals surface area contributed by atoms with Gasteiger partial charge in [0.2, 0.25) is 0 Å². The van der Waals surface area contributed by atoms with Gasteiger partial charge in [0.1, 0.15) is 11.5 Å². The molecule has 0 fully saturated rings. The van der Waals surface area contributed by atoms with Gasteiger partial charge in [0.25, 0.3) is 0 Å². The highest BCUT2D eigenvalue weighted by Gasteiger charge is 2.31. The molecule has 1 aromatic rings. The minimum Gasteiger partial charge on any atom is -0.481 e. The highest BCUT2D eigenvalue weighted by atomic mass is 19.1. The molecule has 0 heterocycles. The molecule has 98 valence electrons. The summed E-state index contributed by atoms with van der Waals surface area (Å²) in [5.74, 6) is -4.53. The minimum atomic E-state index is -1.29. The Bertz CT molecular complexity index is 447. The molecule has 1 rings (SSSR count). The van der Waals surface area contributed by atoms with E-state index in [1.54, 1.807) is 19.9 Å². The van der Waals surface area contributed by atoms with Crippen LogP contribution in [0.2, 0.25) is 0 Å². The first-order valence-electron chi connectivity index (χ1n) is 5.37. The maximum absolute atomic E-state index is 13.2. The summed E-state index contributed by atoms with van der Waals surface area (Å²) >= 11 is 0. The van der Waals surface area contributed by atoms with Gasteiger partial charge in [-0.3, -0.25) is 4.79 Å². The number of para-hydroxylation sites is 1. The van der Waals surface area contributed by atoms with E-state index in [4.69, 9.17) is 5.11 Å². The lowest BCUT2D eigenvalue weighted by Crippen LogP contribution is -2.31. The monoisotopic (exact) mass is 255 g/mol. The van der Waals surface area contributed by atoms with Crippen LogP contribution < -0.4 is 5.48 Å². The van der Waals surface area contributed by atoms with E-state index < -0.39 is 29.6 Å². The van der Waals surface area contributed by atoms with Gasteiger partial charge < -0.3 is 9.94 Å². The summed E-state index contributed by atoms with van der Waals surface area (Å²) < 4.78 is 13.2. The van der Waals surface area contributed by atoms with E-state index in [1.807, 2.05) is 0 Å². The summed E-state index contributed by atoms with van der Waals surface area (Å²) in [6, 6.07) is 5.59. The molecule has 0 saturated carbocycles. The molecule has 0 aromatic heterocycles. The zero-order valence-electron chi connectivity index (χ0n) is 10.0. The van der Waals surface area contributed by atoms with Crippen molar-refractivity contribution in [3.05, 3.63) is 30.1 Å². The Morgan fingerprint density at radius 1 is 1.33 bits per heavy atom. The summed E-state index contributed by atoms with van der Waals surface area (Å²) in [4.78, 5) is 27.0. The summed E-state index contributed by atoms with van der Waals surface area (Å²) in [6.45, 7) is 3.17. The molecule has 18 heavy (non-hydrogen) atoms. The van der Waals surface area contributed by atoms with E-state index in [2.05, 4.69) is 10.3 Å². The van der Waals surface area contributed by atoms with Crippen molar-refractivity contribution >= 4 is 17.6 Å². The van der Waals surface area contributed by atoms with Crippen molar-refractivity contribution < 1.29 is 23.9 Å². The van der Waals surface area contributed by atoms with Gasteiger partial charge in [0.15, 0.2) is 5.92 Å². The van der Waals surface area contributed by atoms with E-state index in [-0.39, 0.29) is 5.69 Å². The van der Waals surface area contributed by atoms with Crippen LogP contribution in [0.1, 0.15) is 13.8 Å². The van der Waals surface area contributed by atoms with Crippen LogP contribution in [0.3, 0.4) is 0 Å². The Labute approximate surface area is 104 Å². The normalized spacial score (nSPS) is 12.0. The molecule has 0 aliphatic rings. The van der Waals surface area contributed by atoms with E-state index in [0.29, 0.717) is 0 Å². The van der Waals surface area contributed by atoms with Crippen LogP contribution in [-0.2, 0) is 14.4 Å². The van der Waals surface area contributed by atoms with Gasteiger partial charge in [0, 0.05) is 0 Å². The van der Waals surface area contributed by atoms with E-state index in [0.717, 1.165) is 0 Å². The van der Waals surface area contributed by atoms with Gasteiger partial charge in [-0.2, -0.15) is 0 Å². The third-order valence-electron chi connectivity index (χ3n) is 2.32. The maximum atomic E-state index is 13.2. The average Bonchev–Trinajstić information content (AvgIpc) is 2.27. The number of carbonyl (C=O) groups excluding carboxylic acids is 1. The smallest absolute Gasteiger partial charge is 0.346 e. The number of hydrogen-bond acceptors (Lipinski definition) is 4. The predicted octanol–water partition coefficient (Wildman–Crippen LogP) is 2.05. The number of hydrogen-bond donors (Lipinski definition) is 2. The van der Waals surface area contributed by atoms with Crippen molar-refractivity contribution in [1.29, 1.82) is 0 Å². The molecule has 0 aliphatic heterocycles. The predicted molar refractivity (Wildman–Crippen MR) is 62.1 cm³/mol. The third-order valence-corrected chi connectivity index (χ3v) is 2.32. The molecule has 5 nitrogen and oxygen atoms in total. The van der Waals surface area contributed by atoms with Crippen LogP contribution in [0.15, 0.2) is 24.3 Å². The second kappa shape index (κ2) is 6.00. The molecule has 0 unspecified atom stereocenters. The number of rotatable bonds is 5. The second-order valence-electron chi connectivity index (χ2n) is 4.06. The van der Waals surface area contributed by atoms with Gasteiger partial charge in [-0.25, -0.2) is 14.7 Å². The standard InChI is InChI=1S/C12H14FNO4/c1-7(2)10(11(15)16)12(17)18-14-9-6-4-3-5-8(9)13/h3-7,10,14H,1-2H3,(H,15,16)/t10-/m0/s1. The Balaban J connectivity index is 2.66. The molecule has 6 heteroatoms. The van der Waals surface area contributed by atoms with Crippen molar-refractivity contribution in [1.82, 2.24) is 0 Å². The highest BCUT2D eigenvalue weighted by molar-refractivity contribution is 5.94. The fraction of sp³-hybridized carbons (Fsp3) is 0.333. The van der Waals surface area contributed by atoms with Crippen LogP contribution in [0.4, 0.5) is 10.1 Å². The molecule has 1 aromatic carbocycles. The summed E-state index contributed by atoms with van der Waals surface area (Å²) in [5, 5.41) is 8.86. The number of carboxylic acids is 1. The van der Waals surface area contributed by atoms with Crippen LogP contribution in [0.5, 0.6) is 0 Å². The lowest BCUT2D eigenvalue weighted by atomic mass is 9.96. The second-order valence-corrected chi connectivity index (χ2v) is 4.06. The number of carboxylic acid groups (broad SMARTS) is 1. The number of halogens is 1. The van der Waals surface area contributed by atoms with Gasteiger partial charge in [0.05, 0.1) is 0 Å². The van der Waals surface area contributed by atoms with Crippen molar-refractivity contribution in [2.45, 2.75) is 13.8 Å². The Morgan fingerprint density at radius 3 is 2.44 bits per heavy atom. The molecule has 0 saturated heterocycles. The number of nitrogens with one attached hydrogen (secondary N) is 1. The average molecular weight is 255 g/mol. The van der Waals surface area contributed by atoms with Gasteiger partial charge in [-0.1, -0.05) is 26.0 Å². The van der Waals surface area contributed by atoms with E-state index in [1.165, 1.54) is 18.2 Å². The molecular weight excluding hydrogens is 241 g/mol. The topological polar surface area (TPSA) is 75.6 Å². The zero-order valence-corrected chi connectivity index (χ0v) is 10.0. The fourth-order valence-electron chi connectivity index (χ4n) is 1.37. The number of carbonyl (C=O) groups is 2. The van der Waals surface area contributed by atoms with Crippen molar-refractivity contribution in [2.24, 2.45) is 11.8 Å². The first-order valence-corrected chi connectivity index (χ1v) is 5.37. The van der Waals surface area contributed by atoms with Crippen LogP contribution >= 0.6 is 0 Å². The molecule has 0 spiro atoms. The Morgan fingerprint density at radius 2 is 1.94 bits per heavy atom. The fourth-order valence-corrected chi connectivity index (χ4v) is 1.37. The van der Waals surface area contributed by atoms with Gasteiger partial charge >= 0.3 is 11.9 Å². The Hall–Kier alpha value is -2.11. The van der Waals surface area contributed by atoms with Crippen molar-refractivity contribution in [3.63, 3.8) is 0 Å². The van der Waals surface area contributed by atoms with Crippen LogP contribution in [0, 0.1) is 17.7 Å². The molecule has 0 amide bonds.